The summed E-state index contributed by atoms with van der Waals surface area (Å²) in [6, 6.07) is 8.40. The lowest BCUT2D eigenvalue weighted by molar-refractivity contribution is 0.0494. The molecule has 0 saturated carbocycles. The summed E-state index contributed by atoms with van der Waals surface area (Å²) in [5.41, 5.74) is 3.74. The van der Waals surface area contributed by atoms with Gasteiger partial charge < -0.3 is 9.94 Å². The number of hydrogen-bond donors (Lipinski definition) is 1. The minimum atomic E-state index is -0.467. The fourth-order valence-corrected chi connectivity index (χ4v) is 1.94. The Kier molecular flexibility index (Phi) is 3.25. The molecule has 0 bridgehead atoms. The Hall–Kier alpha value is -1.35. The summed E-state index contributed by atoms with van der Waals surface area (Å²) in [6.07, 6.45) is 0.578. The van der Waals surface area contributed by atoms with Gasteiger partial charge in [-0.1, -0.05) is 29.4 Å². The normalized spacial score (nSPS) is 20.9. The van der Waals surface area contributed by atoms with Gasteiger partial charge in [0.2, 0.25) is 0 Å². The molecule has 1 aromatic rings. The number of hydrogen-bond acceptors (Lipinski definition) is 3. The maximum Gasteiger partial charge on any atom is 0.142 e. The molecule has 0 aliphatic heterocycles. The third-order valence-electron chi connectivity index (χ3n) is 2.88. The van der Waals surface area contributed by atoms with Gasteiger partial charge in [-0.2, -0.15) is 0 Å². The van der Waals surface area contributed by atoms with E-state index in [1.54, 1.807) is 6.92 Å². The van der Waals surface area contributed by atoms with Gasteiger partial charge in [-0.05, 0) is 31.4 Å². The van der Waals surface area contributed by atoms with Gasteiger partial charge in [0.1, 0.15) is 6.61 Å². The Morgan fingerprint density at radius 1 is 1.56 bits per heavy atom. The van der Waals surface area contributed by atoms with E-state index in [9.17, 15) is 0 Å². The fourth-order valence-electron chi connectivity index (χ4n) is 1.94. The Bertz CT molecular complexity index is 399. The lowest BCUT2D eigenvalue weighted by atomic mass is 9.75. The quantitative estimate of drug-likeness (QED) is 0.622. The number of aliphatic hydroxyl groups is 1. The molecule has 3 heteroatoms. The summed E-state index contributed by atoms with van der Waals surface area (Å²) >= 11 is 0. The molecule has 0 heterocycles. The molecule has 2 rings (SSSR count). The van der Waals surface area contributed by atoms with Crippen molar-refractivity contribution in [3.63, 3.8) is 0 Å². The molecule has 16 heavy (non-hydrogen) atoms. The Balaban J connectivity index is 1.96. The average molecular weight is 219 g/mol. The van der Waals surface area contributed by atoms with E-state index < -0.39 is 6.10 Å². The van der Waals surface area contributed by atoms with E-state index >= 15 is 0 Å². The Labute approximate surface area is 95.7 Å². The number of rotatable bonds is 4. The lowest BCUT2D eigenvalue weighted by Crippen LogP contribution is -2.23. The van der Waals surface area contributed by atoms with Crippen molar-refractivity contribution in [3.8, 4) is 0 Å². The van der Waals surface area contributed by atoms with Gasteiger partial charge in [0, 0.05) is 5.92 Å². The molecule has 3 nitrogen and oxygen atoms in total. The van der Waals surface area contributed by atoms with Crippen LogP contribution in [0.5, 0.6) is 0 Å². The minimum absolute atomic E-state index is 0.256. The van der Waals surface area contributed by atoms with E-state index in [0.29, 0.717) is 5.92 Å². The van der Waals surface area contributed by atoms with Crippen molar-refractivity contribution >= 4 is 5.71 Å². The Morgan fingerprint density at radius 2 is 2.31 bits per heavy atom. The van der Waals surface area contributed by atoms with E-state index in [-0.39, 0.29) is 6.61 Å². The molecule has 1 aliphatic carbocycles. The SMILES string of the molecule is C/C(=N/OC[C@@H](C)O)[C@@H]1Cc2ccccc21. The molecule has 0 unspecified atom stereocenters. The van der Waals surface area contributed by atoms with Crippen LogP contribution in [-0.4, -0.2) is 23.5 Å². The van der Waals surface area contributed by atoms with Gasteiger partial charge in [-0.25, -0.2) is 0 Å². The largest absolute Gasteiger partial charge is 0.393 e. The summed E-state index contributed by atoms with van der Waals surface area (Å²) < 4.78 is 0. The first kappa shape index (κ1) is 11.1. The van der Waals surface area contributed by atoms with E-state index in [4.69, 9.17) is 9.94 Å². The van der Waals surface area contributed by atoms with Crippen molar-refractivity contribution in [2.24, 2.45) is 5.16 Å². The van der Waals surface area contributed by atoms with Crippen LogP contribution in [0.2, 0.25) is 0 Å². The van der Waals surface area contributed by atoms with Gasteiger partial charge >= 0.3 is 0 Å². The van der Waals surface area contributed by atoms with Crippen molar-refractivity contribution in [2.75, 3.05) is 6.61 Å². The zero-order valence-electron chi connectivity index (χ0n) is 9.68. The monoisotopic (exact) mass is 219 g/mol. The second-order valence-electron chi connectivity index (χ2n) is 4.33. The van der Waals surface area contributed by atoms with Crippen molar-refractivity contribution in [1.82, 2.24) is 0 Å². The van der Waals surface area contributed by atoms with Crippen LogP contribution < -0.4 is 0 Å². The average Bonchev–Trinajstić information content (AvgIpc) is 2.19. The molecule has 0 spiro atoms. The highest BCUT2D eigenvalue weighted by Crippen LogP contribution is 2.35. The van der Waals surface area contributed by atoms with Crippen LogP contribution in [0.3, 0.4) is 0 Å². The van der Waals surface area contributed by atoms with Crippen LogP contribution in [0.25, 0.3) is 0 Å². The molecule has 0 radical (unpaired) electrons. The van der Waals surface area contributed by atoms with Crippen LogP contribution in [0.4, 0.5) is 0 Å². The first-order chi connectivity index (χ1) is 7.68. The number of oxime groups is 1. The van der Waals surface area contributed by atoms with Gasteiger partial charge in [-0.3, -0.25) is 0 Å². The summed E-state index contributed by atoms with van der Waals surface area (Å²) in [5, 5.41) is 13.1. The molecule has 0 amide bonds. The van der Waals surface area contributed by atoms with Gasteiger partial charge in [0.25, 0.3) is 0 Å². The highest BCUT2D eigenvalue weighted by molar-refractivity contribution is 5.91. The standard InChI is InChI=1S/C13H17NO2/c1-9(15)8-16-14-10(2)13-7-11-5-3-4-6-12(11)13/h3-6,9,13,15H,7-8H2,1-2H3/b14-10-/t9-,13+/m1/s1. The fraction of sp³-hybridized carbons (Fsp3) is 0.462. The van der Waals surface area contributed by atoms with Gasteiger partial charge in [0.05, 0.1) is 11.8 Å². The molecule has 86 valence electrons. The zero-order valence-corrected chi connectivity index (χ0v) is 9.68. The maximum atomic E-state index is 9.04. The van der Waals surface area contributed by atoms with Crippen LogP contribution in [-0.2, 0) is 11.3 Å². The number of aliphatic hydroxyl groups excluding tert-OH is 1. The topological polar surface area (TPSA) is 41.8 Å². The second-order valence-corrected chi connectivity index (χ2v) is 4.33. The third-order valence-corrected chi connectivity index (χ3v) is 2.88. The molecule has 1 aromatic carbocycles. The number of benzene rings is 1. The van der Waals surface area contributed by atoms with E-state index in [1.165, 1.54) is 11.1 Å². The molecule has 0 fully saturated rings. The second kappa shape index (κ2) is 4.66. The zero-order chi connectivity index (χ0) is 11.5. The van der Waals surface area contributed by atoms with Gasteiger partial charge in [0.15, 0.2) is 0 Å². The smallest absolute Gasteiger partial charge is 0.142 e. The third kappa shape index (κ3) is 2.25. The van der Waals surface area contributed by atoms with E-state index in [2.05, 4.69) is 29.4 Å². The number of fused-ring (bicyclic) bond motifs is 1. The molecule has 0 aromatic heterocycles. The molecule has 0 saturated heterocycles. The van der Waals surface area contributed by atoms with Crippen molar-refractivity contribution in [2.45, 2.75) is 32.3 Å². The summed E-state index contributed by atoms with van der Waals surface area (Å²) in [5.74, 6) is 0.394. The van der Waals surface area contributed by atoms with E-state index in [0.717, 1.165) is 12.1 Å². The van der Waals surface area contributed by atoms with Crippen molar-refractivity contribution in [3.05, 3.63) is 35.4 Å². The highest BCUT2D eigenvalue weighted by Gasteiger charge is 2.27. The molecule has 1 aliphatic rings. The first-order valence-corrected chi connectivity index (χ1v) is 5.61. The molecular formula is C13H17NO2. The predicted molar refractivity (Wildman–Crippen MR) is 63.6 cm³/mol. The lowest BCUT2D eigenvalue weighted by Gasteiger charge is -2.29. The summed E-state index contributed by atoms with van der Waals surface area (Å²) in [7, 11) is 0. The highest BCUT2D eigenvalue weighted by atomic mass is 16.6. The van der Waals surface area contributed by atoms with Crippen LogP contribution in [0.15, 0.2) is 29.4 Å². The maximum absolute atomic E-state index is 9.04. The molecule has 2 atom stereocenters. The summed E-state index contributed by atoms with van der Waals surface area (Å²) in [4.78, 5) is 5.07. The van der Waals surface area contributed by atoms with Crippen LogP contribution >= 0.6 is 0 Å². The number of nitrogens with zero attached hydrogens (tertiary/aromatic N) is 1. The van der Waals surface area contributed by atoms with Gasteiger partial charge in [-0.15, -0.1) is 0 Å². The van der Waals surface area contributed by atoms with Crippen LogP contribution in [0.1, 0.15) is 30.9 Å². The Morgan fingerprint density at radius 3 is 3.00 bits per heavy atom. The summed E-state index contributed by atoms with van der Waals surface area (Å²) in [6.45, 7) is 3.91. The van der Waals surface area contributed by atoms with Crippen molar-refractivity contribution in [1.29, 1.82) is 0 Å². The van der Waals surface area contributed by atoms with E-state index in [1.807, 2.05) is 6.92 Å². The molecular weight excluding hydrogens is 202 g/mol. The minimum Gasteiger partial charge on any atom is -0.393 e. The molecule has 1 N–H and O–H groups in total. The predicted octanol–water partition coefficient (Wildman–Crippen LogP) is 2.10. The van der Waals surface area contributed by atoms with Crippen molar-refractivity contribution < 1.29 is 9.94 Å². The van der Waals surface area contributed by atoms with Crippen LogP contribution in [0, 0.1) is 0 Å². The first-order valence-electron chi connectivity index (χ1n) is 5.61.